The minimum atomic E-state index is -0.565. The van der Waals surface area contributed by atoms with Crippen LogP contribution in [-0.4, -0.2) is 23.9 Å². The molecule has 1 aliphatic heterocycles. The Labute approximate surface area is 97.3 Å². The maximum atomic E-state index is 10.5. The fourth-order valence-corrected chi connectivity index (χ4v) is 2.37. The lowest BCUT2D eigenvalue weighted by atomic mass is 9.87. The molecular weight excluding hydrogens is 200 g/mol. The molecule has 2 heteroatoms. The van der Waals surface area contributed by atoms with Gasteiger partial charge in [0.2, 0.25) is 0 Å². The Morgan fingerprint density at radius 1 is 1.31 bits per heavy atom. The lowest BCUT2D eigenvalue weighted by molar-refractivity contribution is 0.0189. The molecule has 1 aliphatic rings. The Hall–Kier alpha value is -0.860. The summed E-state index contributed by atoms with van der Waals surface area (Å²) in [7, 11) is 0. The van der Waals surface area contributed by atoms with Crippen LogP contribution in [0.5, 0.6) is 0 Å². The molecule has 2 nitrogen and oxygen atoms in total. The highest BCUT2D eigenvalue weighted by atomic mass is 16.5. The summed E-state index contributed by atoms with van der Waals surface area (Å²) in [5, 5.41) is 10.5. The highest BCUT2D eigenvalue weighted by Gasteiger charge is 2.28. The zero-order valence-electron chi connectivity index (χ0n) is 9.91. The molecule has 0 radical (unpaired) electrons. The fourth-order valence-electron chi connectivity index (χ4n) is 2.37. The van der Waals surface area contributed by atoms with Crippen molar-refractivity contribution in [2.24, 2.45) is 0 Å². The summed E-state index contributed by atoms with van der Waals surface area (Å²) in [5.74, 6) is 0. The SMILES string of the molecule is Cc1cccc(CC2(O)CCCOCC2)c1. The topological polar surface area (TPSA) is 29.5 Å². The summed E-state index contributed by atoms with van der Waals surface area (Å²) >= 11 is 0. The summed E-state index contributed by atoms with van der Waals surface area (Å²) in [5.41, 5.74) is 1.92. The van der Waals surface area contributed by atoms with Gasteiger partial charge >= 0.3 is 0 Å². The standard InChI is InChI=1S/C14H20O2/c1-12-4-2-5-13(10-12)11-14(15)6-3-8-16-9-7-14/h2,4-5,10,15H,3,6-9,11H2,1H3. The van der Waals surface area contributed by atoms with Gasteiger partial charge in [0.05, 0.1) is 5.60 Å². The largest absolute Gasteiger partial charge is 0.389 e. The van der Waals surface area contributed by atoms with Gasteiger partial charge in [-0.1, -0.05) is 29.8 Å². The van der Waals surface area contributed by atoms with Gasteiger partial charge in [-0.25, -0.2) is 0 Å². The Kier molecular flexibility index (Phi) is 3.62. The molecular formula is C14H20O2. The number of aliphatic hydroxyl groups is 1. The van der Waals surface area contributed by atoms with E-state index in [4.69, 9.17) is 4.74 Å². The molecule has 1 N–H and O–H groups in total. The fraction of sp³-hybridized carbons (Fsp3) is 0.571. The van der Waals surface area contributed by atoms with E-state index in [9.17, 15) is 5.11 Å². The van der Waals surface area contributed by atoms with Crippen molar-refractivity contribution >= 4 is 0 Å². The molecule has 2 rings (SSSR count). The lowest BCUT2D eigenvalue weighted by Crippen LogP contribution is -2.31. The van der Waals surface area contributed by atoms with E-state index in [0.29, 0.717) is 6.61 Å². The van der Waals surface area contributed by atoms with Gasteiger partial charge in [-0.3, -0.25) is 0 Å². The van der Waals surface area contributed by atoms with Crippen LogP contribution >= 0.6 is 0 Å². The van der Waals surface area contributed by atoms with Crippen LogP contribution < -0.4 is 0 Å². The molecule has 1 aromatic rings. The number of hydrogen-bond acceptors (Lipinski definition) is 2. The summed E-state index contributed by atoms with van der Waals surface area (Å²) in [6.45, 7) is 3.56. The second kappa shape index (κ2) is 4.98. The first-order chi connectivity index (χ1) is 7.68. The number of ether oxygens (including phenoxy) is 1. The van der Waals surface area contributed by atoms with Crippen molar-refractivity contribution in [3.63, 3.8) is 0 Å². The average molecular weight is 220 g/mol. The third kappa shape index (κ3) is 3.06. The molecule has 1 fully saturated rings. The van der Waals surface area contributed by atoms with Crippen molar-refractivity contribution in [2.75, 3.05) is 13.2 Å². The Morgan fingerprint density at radius 3 is 3.00 bits per heavy atom. The molecule has 0 amide bonds. The second-order valence-corrected chi connectivity index (χ2v) is 4.86. The molecule has 88 valence electrons. The second-order valence-electron chi connectivity index (χ2n) is 4.86. The first-order valence-electron chi connectivity index (χ1n) is 6.04. The van der Waals surface area contributed by atoms with E-state index >= 15 is 0 Å². The van der Waals surface area contributed by atoms with Gasteiger partial charge < -0.3 is 9.84 Å². The van der Waals surface area contributed by atoms with Crippen LogP contribution in [0.2, 0.25) is 0 Å². The molecule has 16 heavy (non-hydrogen) atoms. The smallest absolute Gasteiger partial charge is 0.0710 e. The predicted octanol–water partition coefficient (Wildman–Crippen LogP) is 2.47. The normalized spacial score (nSPS) is 26.4. The van der Waals surface area contributed by atoms with E-state index in [2.05, 4.69) is 31.2 Å². The number of aryl methyl sites for hydroxylation is 1. The third-order valence-corrected chi connectivity index (χ3v) is 3.26. The Balaban J connectivity index is 2.06. The highest BCUT2D eigenvalue weighted by molar-refractivity contribution is 5.23. The molecule has 1 aromatic carbocycles. The maximum Gasteiger partial charge on any atom is 0.0710 e. The van der Waals surface area contributed by atoms with E-state index < -0.39 is 5.60 Å². The maximum absolute atomic E-state index is 10.5. The molecule has 0 bridgehead atoms. The van der Waals surface area contributed by atoms with Gasteiger partial charge in [-0.2, -0.15) is 0 Å². The van der Waals surface area contributed by atoms with E-state index in [-0.39, 0.29) is 0 Å². The minimum Gasteiger partial charge on any atom is -0.389 e. The van der Waals surface area contributed by atoms with Crippen LogP contribution in [0, 0.1) is 6.92 Å². The molecule has 1 heterocycles. The van der Waals surface area contributed by atoms with Crippen LogP contribution in [0.15, 0.2) is 24.3 Å². The van der Waals surface area contributed by atoms with Crippen LogP contribution in [0.4, 0.5) is 0 Å². The van der Waals surface area contributed by atoms with Crippen LogP contribution in [0.25, 0.3) is 0 Å². The van der Waals surface area contributed by atoms with E-state index in [1.807, 2.05) is 0 Å². The van der Waals surface area contributed by atoms with Crippen molar-refractivity contribution in [1.82, 2.24) is 0 Å². The molecule has 1 atom stereocenters. The number of benzene rings is 1. The van der Waals surface area contributed by atoms with E-state index in [0.717, 1.165) is 32.3 Å². The molecule has 1 saturated heterocycles. The summed E-state index contributed by atoms with van der Waals surface area (Å²) < 4.78 is 5.39. The van der Waals surface area contributed by atoms with E-state index in [1.54, 1.807) is 0 Å². The molecule has 0 saturated carbocycles. The van der Waals surface area contributed by atoms with Gasteiger partial charge in [-0.15, -0.1) is 0 Å². The Morgan fingerprint density at radius 2 is 2.19 bits per heavy atom. The molecule has 0 aromatic heterocycles. The van der Waals surface area contributed by atoms with E-state index in [1.165, 1.54) is 11.1 Å². The molecule has 0 spiro atoms. The van der Waals surface area contributed by atoms with Crippen LogP contribution in [0.1, 0.15) is 30.4 Å². The zero-order chi connectivity index (χ0) is 11.4. The highest BCUT2D eigenvalue weighted by Crippen LogP contribution is 2.25. The van der Waals surface area contributed by atoms with Gasteiger partial charge in [0.1, 0.15) is 0 Å². The van der Waals surface area contributed by atoms with Crippen molar-refractivity contribution in [3.8, 4) is 0 Å². The Bertz CT molecular complexity index is 338. The van der Waals surface area contributed by atoms with Crippen molar-refractivity contribution in [1.29, 1.82) is 0 Å². The quantitative estimate of drug-likeness (QED) is 0.829. The van der Waals surface area contributed by atoms with Gasteiger partial charge in [0, 0.05) is 19.6 Å². The van der Waals surface area contributed by atoms with Crippen molar-refractivity contribution in [3.05, 3.63) is 35.4 Å². The molecule has 1 unspecified atom stereocenters. The van der Waals surface area contributed by atoms with Gasteiger partial charge in [0.25, 0.3) is 0 Å². The zero-order valence-corrected chi connectivity index (χ0v) is 9.91. The van der Waals surface area contributed by atoms with Crippen LogP contribution in [-0.2, 0) is 11.2 Å². The monoisotopic (exact) mass is 220 g/mol. The van der Waals surface area contributed by atoms with Crippen LogP contribution in [0.3, 0.4) is 0 Å². The first kappa shape index (κ1) is 11.6. The third-order valence-electron chi connectivity index (χ3n) is 3.26. The van der Waals surface area contributed by atoms with Crippen molar-refractivity contribution < 1.29 is 9.84 Å². The first-order valence-corrected chi connectivity index (χ1v) is 6.04. The lowest BCUT2D eigenvalue weighted by Gasteiger charge is -2.26. The summed E-state index contributed by atoms with van der Waals surface area (Å²) in [6, 6.07) is 8.39. The van der Waals surface area contributed by atoms with Gasteiger partial charge in [-0.05, 0) is 31.7 Å². The summed E-state index contributed by atoms with van der Waals surface area (Å²) in [6.07, 6.45) is 3.31. The van der Waals surface area contributed by atoms with Crippen molar-refractivity contribution in [2.45, 2.75) is 38.2 Å². The minimum absolute atomic E-state index is 0.565. The average Bonchev–Trinajstić information content (AvgIpc) is 2.43. The summed E-state index contributed by atoms with van der Waals surface area (Å²) in [4.78, 5) is 0. The van der Waals surface area contributed by atoms with Gasteiger partial charge in [0.15, 0.2) is 0 Å². The molecule has 0 aliphatic carbocycles. The number of hydrogen-bond donors (Lipinski definition) is 1. The predicted molar refractivity (Wildman–Crippen MR) is 64.5 cm³/mol. The number of rotatable bonds is 2.